The van der Waals surface area contributed by atoms with E-state index in [2.05, 4.69) is 28.5 Å². The van der Waals surface area contributed by atoms with Crippen molar-refractivity contribution in [2.24, 2.45) is 0 Å². The van der Waals surface area contributed by atoms with Crippen LogP contribution in [0.3, 0.4) is 0 Å². The van der Waals surface area contributed by atoms with Gasteiger partial charge in [-0.3, -0.25) is 5.01 Å². The monoisotopic (exact) mass is 389 g/mol. The fraction of sp³-hybridized carbons (Fsp3) is 0.174. The molecule has 148 valence electrons. The lowest BCUT2D eigenvalue weighted by molar-refractivity contribution is 0.137. The number of carbonyl (C=O) groups excluding carboxylic acids is 1. The molecule has 0 aliphatic carbocycles. The van der Waals surface area contributed by atoms with Crippen LogP contribution in [0.2, 0.25) is 0 Å². The van der Waals surface area contributed by atoms with E-state index < -0.39 is 6.09 Å². The van der Waals surface area contributed by atoms with Gasteiger partial charge in [0.2, 0.25) is 0 Å². The number of hydrazine groups is 1. The summed E-state index contributed by atoms with van der Waals surface area (Å²) in [5.74, 6) is 0.110. The van der Waals surface area contributed by atoms with E-state index in [-0.39, 0.29) is 12.4 Å². The molecule has 0 spiro atoms. The van der Waals surface area contributed by atoms with E-state index in [1.165, 1.54) is 0 Å². The summed E-state index contributed by atoms with van der Waals surface area (Å²) in [6.07, 6.45) is 0.305. The van der Waals surface area contributed by atoms with Gasteiger partial charge < -0.3 is 14.7 Å². The second-order valence-corrected chi connectivity index (χ2v) is 6.80. The third kappa shape index (κ3) is 4.27. The zero-order valence-corrected chi connectivity index (χ0v) is 16.0. The van der Waals surface area contributed by atoms with Crippen molar-refractivity contribution < 1.29 is 14.6 Å². The van der Waals surface area contributed by atoms with Crippen LogP contribution in [0.5, 0.6) is 5.75 Å². The molecule has 1 aliphatic rings. The molecule has 1 heterocycles. The lowest BCUT2D eigenvalue weighted by Gasteiger charge is -2.27. The van der Waals surface area contributed by atoms with Crippen molar-refractivity contribution in [3.8, 4) is 5.75 Å². The Balaban J connectivity index is 1.50. The van der Waals surface area contributed by atoms with Gasteiger partial charge in [0.1, 0.15) is 12.4 Å². The number of nitrogens with zero attached hydrogens (tertiary/aromatic N) is 2. The number of aromatic hydroxyl groups is 1. The molecule has 0 radical (unpaired) electrons. The average molecular weight is 389 g/mol. The summed E-state index contributed by atoms with van der Waals surface area (Å²) in [5.41, 5.74) is 6.46. The zero-order valence-electron chi connectivity index (χ0n) is 16.0. The number of hydrogen-bond donors (Lipinski definition) is 2. The largest absolute Gasteiger partial charge is 0.508 e. The first-order chi connectivity index (χ1) is 14.2. The van der Waals surface area contributed by atoms with E-state index in [0.29, 0.717) is 12.1 Å². The topological polar surface area (TPSA) is 65.0 Å². The Hall–Kier alpha value is -3.67. The van der Waals surface area contributed by atoms with Crippen LogP contribution < -0.4 is 15.3 Å². The van der Waals surface area contributed by atoms with E-state index in [0.717, 1.165) is 30.0 Å². The molecule has 0 atom stereocenters. The number of carbonyl (C=O) groups is 1. The van der Waals surface area contributed by atoms with Crippen LogP contribution in [0.1, 0.15) is 12.0 Å². The Morgan fingerprint density at radius 3 is 2.38 bits per heavy atom. The third-order valence-electron chi connectivity index (χ3n) is 4.87. The molecule has 6 heteroatoms. The summed E-state index contributed by atoms with van der Waals surface area (Å²) < 4.78 is 5.31. The van der Waals surface area contributed by atoms with Gasteiger partial charge in [0.15, 0.2) is 0 Å². The maximum absolute atomic E-state index is 12.4. The van der Waals surface area contributed by atoms with Crippen LogP contribution in [0.4, 0.5) is 21.9 Å². The van der Waals surface area contributed by atoms with Crippen LogP contribution in [0.25, 0.3) is 0 Å². The van der Waals surface area contributed by atoms with Gasteiger partial charge in [0, 0.05) is 24.3 Å². The Morgan fingerprint density at radius 1 is 0.897 bits per heavy atom. The van der Waals surface area contributed by atoms with Crippen LogP contribution in [0.15, 0.2) is 78.9 Å². The van der Waals surface area contributed by atoms with Gasteiger partial charge in [-0.2, -0.15) is 0 Å². The first-order valence-corrected chi connectivity index (χ1v) is 9.62. The molecule has 0 saturated carbocycles. The molecule has 0 bridgehead atoms. The molecular weight excluding hydrogens is 366 g/mol. The highest BCUT2D eigenvalue weighted by Crippen LogP contribution is 2.36. The highest BCUT2D eigenvalue weighted by atomic mass is 16.6. The second kappa shape index (κ2) is 8.56. The van der Waals surface area contributed by atoms with Crippen LogP contribution >= 0.6 is 0 Å². The minimum atomic E-state index is -0.559. The van der Waals surface area contributed by atoms with Crippen LogP contribution in [-0.2, 0) is 11.3 Å². The number of hydrogen-bond acceptors (Lipinski definition) is 5. The Labute approximate surface area is 169 Å². The molecule has 29 heavy (non-hydrogen) atoms. The van der Waals surface area contributed by atoms with E-state index in [9.17, 15) is 9.90 Å². The highest BCUT2D eigenvalue weighted by Gasteiger charge is 2.22. The maximum atomic E-state index is 12.4. The molecule has 3 aromatic carbocycles. The number of phenolic OH excluding ortho intramolecular Hbond substituents is 1. The van der Waals surface area contributed by atoms with E-state index in [1.54, 1.807) is 24.3 Å². The SMILES string of the molecule is O=C(NN1CCCN(c2ccccc2)c2ccccc21)OCc1ccccc1O. The van der Waals surface area contributed by atoms with Crippen molar-refractivity contribution in [2.75, 3.05) is 23.0 Å². The lowest BCUT2D eigenvalue weighted by Crippen LogP contribution is -2.43. The summed E-state index contributed by atoms with van der Waals surface area (Å²) in [6, 6.07) is 25.0. The molecule has 1 amide bonds. The summed E-state index contributed by atoms with van der Waals surface area (Å²) >= 11 is 0. The lowest BCUT2D eigenvalue weighted by atomic mass is 10.2. The van der Waals surface area contributed by atoms with E-state index in [4.69, 9.17) is 4.74 Å². The number of anilines is 3. The number of benzene rings is 3. The van der Waals surface area contributed by atoms with Gasteiger partial charge >= 0.3 is 6.09 Å². The number of ether oxygens (including phenoxy) is 1. The minimum absolute atomic E-state index is 0.00410. The number of phenols is 1. The predicted molar refractivity (Wildman–Crippen MR) is 113 cm³/mol. The number of fused-ring (bicyclic) bond motifs is 1. The predicted octanol–water partition coefficient (Wildman–Crippen LogP) is 4.58. The van der Waals surface area contributed by atoms with Crippen molar-refractivity contribution >= 4 is 23.2 Å². The molecule has 4 rings (SSSR count). The first-order valence-electron chi connectivity index (χ1n) is 9.62. The summed E-state index contributed by atoms with van der Waals surface area (Å²) in [7, 11) is 0. The number of nitrogens with one attached hydrogen (secondary N) is 1. The fourth-order valence-corrected chi connectivity index (χ4v) is 3.46. The molecule has 0 fully saturated rings. The quantitative estimate of drug-likeness (QED) is 0.684. The van der Waals surface area contributed by atoms with Crippen molar-refractivity contribution in [1.29, 1.82) is 0 Å². The third-order valence-corrected chi connectivity index (χ3v) is 4.87. The fourth-order valence-electron chi connectivity index (χ4n) is 3.46. The molecule has 1 aliphatic heterocycles. The summed E-state index contributed by atoms with van der Waals surface area (Å²) in [5, 5.41) is 11.6. The second-order valence-electron chi connectivity index (χ2n) is 6.80. The van der Waals surface area contributed by atoms with Gasteiger partial charge in [0.05, 0.1) is 11.4 Å². The van der Waals surface area contributed by atoms with E-state index in [1.807, 2.05) is 41.4 Å². The Bertz CT molecular complexity index is 978. The normalized spacial score (nSPS) is 13.4. The molecule has 0 saturated heterocycles. The Morgan fingerprint density at radius 2 is 1.59 bits per heavy atom. The summed E-state index contributed by atoms with van der Waals surface area (Å²) in [6.45, 7) is 1.50. The van der Waals surface area contributed by atoms with Crippen LogP contribution in [0, 0.1) is 0 Å². The van der Waals surface area contributed by atoms with Gasteiger partial charge in [-0.15, -0.1) is 0 Å². The van der Waals surface area contributed by atoms with Gasteiger partial charge in [-0.1, -0.05) is 48.5 Å². The average Bonchev–Trinajstić information content (AvgIpc) is 2.94. The first kappa shape index (κ1) is 18.7. The van der Waals surface area contributed by atoms with Crippen molar-refractivity contribution in [1.82, 2.24) is 5.43 Å². The number of amides is 1. The summed E-state index contributed by atoms with van der Waals surface area (Å²) in [4.78, 5) is 14.7. The Kier molecular flexibility index (Phi) is 5.52. The minimum Gasteiger partial charge on any atom is -0.508 e. The van der Waals surface area contributed by atoms with Gasteiger partial charge in [0.25, 0.3) is 0 Å². The smallest absolute Gasteiger partial charge is 0.426 e. The van der Waals surface area contributed by atoms with Crippen LogP contribution in [-0.4, -0.2) is 24.3 Å². The van der Waals surface area contributed by atoms with Crippen molar-refractivity contribution in [3.05, 3.63) is 84.4 Å². The van der Waals surface area contributed by atoms with Crippen molar-refractivity contribution in [3.63, 3.8) is 0 Å². The zero-order chi connectivity index (χ0) is 20.1. The molecule has 6 nitrogen and oxygen atoms in total. The maximum Gasteiger partial charge on any atom is 0.426 e. The molecule has 2 N–H and O–H groups in total. The van der Waals surface area contributed by atoms with Crippen molar-refractivity contribution in [2.45, 2.75) is 13.0 Å². The molecular formula is C23H23N3O3. The molecule has 3 aromatic rings. The standard InChI is InChI=1S/C23H23N3O3/c27-22-14-7-4-9-18(22)17-29-23(28)24-26-16-8-15-25(19-10-2-1-3-11-19)20-12-5-6-13-21(20)26/h1-7,9-14,27H,8,15-17H2,(H,24,28). The molecule has 0 unspecified atom stereocenters. The van der Waals surface area contributed by atoms with E-state index >= 15 is 0 Å². The molecule has 0 aromatic heterocycles. The van der Waals surface area contributed by atoms with Gasteiger partial charge in [-0.25, -0.2) is 10.2 Å². The number of para-hydroxylation sites is 4. The van der Waals surface area contributed by atoms with Gasteiger partial charge in [-0.05, 0) is 36.8 Å². The highest BCUT2D eigenvalue weighted by molar-refractivity contribution is 5.80. The number of rotatable bonds is 4.